The van der Waals surface area contributed by atoms with Crippen molar-refractivity contribution in [1.82, 2.24) is 0 Å². The number of nitrogens with two attached hydrogens (primary N) is 1. The zero-order valence-electron chi connectivity index (χ0n) is 9.73. The van der Waals surface area contributed by atoms with Crippen molar-refractivity contribution in [2.24, 2.45) is 11.7 Å². The molecule has 2 heteroatoms. The van der Waals surface area contributed by atoms with Gasteiger partial charge in [0, 0.05) is 17.5 Å². The van der Waals surface area contributed by atoms with E-state index in [0.29, 0.717) is 0 Å². The second-order valence-corrected chi connectivity index (χ2v) is 4.57. The first-order valence-electron chi connectivity index (χ1n) is 5.63. The number of hydrogen-bond donors (Lipinski definition) is 1. The quantitative estimate of drug-likeness (QED) is 0.608. The third kappa shape index (κ3) is 2.07. The normalized spacial score (nSPS) is 23.7. The third-order valence-corrected chi connectivity index (χ3v) is 3.10. The number of carbonyl (C=O) groups is 1. The molecule has 1 aromatic carbocycles. The smallest absolute Gasteiger partial charge is 0.170 e. The van der Waals surface area contributed by atoms with Crippen molar-refractivity contribution < 1.29 is 4.79 Å². The van der Waals surface area contributed by atoms with E-state index in [2.05, 4.69) is 0 Å². The Morgan fingerprint density at radius 2 is 2.06 bits per heavy atom. The van der Waals surface area contributed by atoms with Crippen molar-refractivity contribution in [3.05, 3.63) is 47.0 Å². The van der Waals surface area contributed by atoms with Gasteiger partial charge in [-0.3, -0.25) is 4.79 Å². The highest BCUT2D eigenvalue weighted by Crippen LogP contribution is 2.23. The van der Waals surface area contributed by atoms with Crippen LogP contribution in [0.3, 0.4) is 0 Å². The van der Waals surface area contributed by atoms with E-state index in [1.54, 1.807) is 0 Å². The molecular weight excluding hydrogens is 198 g/mol. The predicted octanol–water partition coefficient (Wildman–Crippen LogP) is 2.39. The summed E-state index contributed by atoms with van der Waals surface area (Å²) in [5.41, 5.74) is 8.83. The molecule has 1 aliphatic rings. The minimum Gasteiger partial charge on any atom is -0.324 e. The first-order chi connectivity index (χ1) is 7.58. The summed E-state index contributed by atoms with van der Waals surface area (Å²) in [6.07, 6.45) is 4.60. The van der Waals surface area contributed by atoms with Crippen LogP contribution < -0.4 is 5.73 Å². The highest BCUT2D eigenvalue weighted by Gasteiger charge is 2.24. The molecule has 0 heterocycles. The molecule has 1 aliphatic carbocycles. The van der Waals surface area contributed by atoms with Crippen LogP contribution in [0.1, 0.15) is 27.9 Å². The third-order valence-electron chi connectivity index (χ3n) is 3.10. The molecule has 2 rings (SSSR count). The van der Waals surface area contributed by atoms with Gasteiger partial charge >= 0.3 is 0 Å². The van der Waals surface area contributed by atoms with Crippen LogP contribution in [0.2, 0.25) is 0 Å². The van der Waals surface area contributed by atoms with Gasteiger partial charge in [-0.15, -0.1) is 0 Å². The topological polar surface area (TPSA) is 43.1 Å². The van der Waals surface area contributed by atoms with Crippen LogP contribution >= 0.6 is 0 Å². The number of allylic oxidation sites excluding steroid dienone is 1. The molecule has 2 unspecified atom stereocenters. The number of rotatable bonds is 2. The molecule has 0 spiro atoms. The average molecular weight is 215 g/mol. The van der Waals surface area contributed by atoms with Gasteiger partial charge in [0.05, 0.1) is 0 Å². The molecule has 0 saturated heterocycles. The molecule has 0 bridgehead atoms. The van der Waals surface area contributed by atoms with Crippen LogP contribution in [-0.4, -0.2) is 11.8 Å². The lowest BCUT2D eigenvalue weighted by molar-refractivity contribution is 0.0942. The molecule has 0 aliphatic heterocycles. The number of aryl methyl sites for hydroxylation is 2. The van der Waals surface area contributed by atoms with Gasteiger partial charge in [-0.2, -0.15) is 0 Å². The maximum absolute atomic E-state index is 12.2. The summed E-state index contributed by atoms with van der Waals surface area (Å²) < 4.78 is 0. The molecule has 0 radical (unpaired) electrons. The lowest BCUT2D eigenvalue weighted by Crippen LogP contribution is -2.19. The number of ketones is 1. The molecule has 0 saturated carbocycles. The van der Waals surface area contributed by atoms with Crippen LogP contribution in [0.15, 0.2) is 30.4 Å². The summed E-state index contributed by atoms with van der Waals surface area (Å²) in [4.78, 5) is 12.2. The largest absolute Gasteiger partial charge is 0.324 e. The summed E-state index contributed by atoms with van der Waals surface area (Å²) in [5.74, 6) is 0.165. The van der Waals surface area contributed by atoms with Gasteiger partial charge in [-0.1, -0.05) is 35.9 Å². The molecular formula is C14H17NO. The van der Waals surface area contributed by atoms with E-state index >= 15 is 0 Å². The fourth-order valence-corrected chi connectivity index (χ4v) is 2.21. The maximum atomic E-state index is 12.2. The summed E-state index contributed by atoms with van der Waals surface area (Å²) in [5, 5.41) is 0. The lowest BCUT2D eigenvalue weighted by atomic mass is 9.93. The van der Waals surface area contributed by atoms with Crippen LogP contribution in [0.5, 0.6) is 0 Å². The summed E-state index contributed by atoms with van der Waals surface area (Å²) in [6, 6.07) is 6.00. The minimum atomic E-state index is -0.0311. The van der Waals surface area contributed by atoms with Gasteiger partial charge in [0.1, 0.15) is 0 Å². The molecule has 0 aromatic heterocycles. The number of hydrogen-bond acceptors (Lipinski definition) is 2. The first kappa shape index (κ1) is 11.1. The SMILES string of the molecule is Cc1ccc(C(=O)C2C=CC(N)C2)c(C)c1. The Bertz CT molecular complexity index is 448. The van der Waals surface area contributed by atoms with E-state index in [1.165, 1.54) is 5.56 Å². The van der Waals surface area contributed by atoms with Crippen molar-refractivity contribution in [2.45, 2.75) is 26.3 Å². The van der Waals surface area contributed by atoms with Crippen molar-refractivity contribution in [3.63, 3.8) is 0 Å². The van der Waals surface area contributed by atoms with Crippen LogP contribution in [0.4, 0.5) is 0 Å². The predicted molar refractivity (Wildman–Crippen MR) is 65.5 cm³/mol. The number of benzene rings is 1. The standard InChI is InChI=1S/C14H17NO/c1-9-3-6-13(10(2)7-9)14(16)11-4-5-12(15)8-11/h3-7,11-12H,8,15H2,1-2H3. The Balaban J connectivity index is 2.24. The fourth-order valence-electron chi connectivity index (χ4n) is 2.21. The van der Waals surface area contributed by atoms with Crippen LogP contribution in [-0.2, 0) is 0 Å². The molecule has 16 heavy (non-hydrogen) atoms. The van der Waals surface area contributed by atoms with E-state index in [9.17, 15) is 4.79 Å². The minimum absolute atomic E-state index is 0.0311. The zero-order chi connectivity index (χ0) is 11.7. The Morgan fingerprint density at radius 1 is 1.31 bits per heavy atom. The van der Waals surface area contributed by atoms with Gasteiger partial charge < -0.3 is 5.73 Å². The average Bonchev–Trinajstić information content (AvgIpc) is 2.64. The van der Waals surface area contributed by atoms with E-state index in [0.717, 1.165) is 17.5 Å². The molecule has 2 atom stereocenters. The van der Waals surface area contributed by atoms with Crippen molar-refractivity contribution in [1.29, 1.82) is 0 Å². The van der Waals surface area contributed by atoms with Crippen molar-refractivity contribution in [2.75, 3.05) is 0 Å². The molecule has 1 aromatic rings. The van der Waals surface area contributed by atoms with Crippen molar-refractivity contribution in [3.8, 4) is 0 Å². The van der Waals surface area contributed by atoms with Gasteiger partial charge in [-0.25, -0.2) is 0 Å². The van der Waals surface area contributed by atoms with E-state index in [-0.39, 0.29) is 17.7 Å². The maximum Gasteiger partial charge on any atom is 0.170 e. The highest BCUT2D eigenvalue weighted by molar-refractivity contribution is 6.00. The summed E-state index contributed by atoms with van der Waals surface area (Å²) in [6.45, 7) is 4.02. The van der Waals surface area contributed by atoms with Crippen LogP contribution in [0.25, 0.3) is 0 Å². The van der Waals surface area contributed by atoms with Gasteiger partial charge in [0.15, 0.2) is 5.78 Å². The molecule has 0 fully saturated rings. The van der Waals surface area contributed by atoms with E-state index < -0.39 is 0 Å². The summed E-state index contributed by atoms with van der Waals surface area (Å²) >= 11 is 0. The van der Waals surface area contributed by atoms with Gasteiger partial charge in [-0.05, 0) is 25.8 Å². The Kier molecular flexibility index (Phi) is 2.92. The van der Waals surface area contributed by atoms with Gasteiger partial charge in [0.25, 0.3) is 0 Å². The molecule has 84 valence electrons. The molecule has 0 amide bonds. The monoisotopic (exact) mass is 215 g/mol. The summed E-state index contributed by atoms with van der Waals surface area (Å²) in [7, 11) is 0. The molecule has 2 N–H and O–H groups in total. The lowest BCUT2D eigenvalue weighted by Gasteiger charge is -2.11. The first-order valence-corrected chi connectivity index (χ1v) is 5.63. The van der Waals surface area contributed by atoms with Gasteiger partial charge in [0.2, 0.25) is 0 Å². The second-order valence-electron chi connectivity index (χ2n) is 4.57. The highest BCUT2D eigenvalue weighted by atomic mass is 16.1. The fraction of sp³-hybridized carbons (Fsp3) is 0.357. The molecule has 2 nitrogen and oxygen atoms in total. The Hall–Kier alpha value is -1.41. The Morgan fingerprint density at radius 3 is 2.62 bits per heavy atom. The second kappa shape index (κ2) is 4.22. The van der Waals surface area contributed by atoms with E-state index in [1.807, 2.05) is 44.2 Å². The van der Waals surface area contributed by atoms with Crippen LogP contribution in [0, 0.1) is 19.8 Å². The number of Topliss-reactive ketones (excluding diaryl/α,β-unsaturated/α-hetero) is 1. The Labute approximate surface area is 96.2 Å². The van der Waals surface area contributed by atoms with Crippen molar-refractivity contribution >= 4 is 5.78 Å². The van der Waals surface area contributed by atoms with E-state index in [4.69, 9.17) is 5.73 Å². The zero-order valence-corrected chi connectivity index (χ0v) is 9.73. The number of carbonyl (C=O) groups excluding carboxylic acids is 1.